The molecule has 7 nitrogen and oxygen atoms in total. The molecule has 0 saturated carbocycles. The lowest BCUT2D eigenvalue weighted by Gasteiger charge is -2.32. The molecule has 1 atom stereocenters. The van der Waals surface area contributed by atoms with Crippen molar-refractivity contribution < 1.29 is 0 Å². The van der Waals surface area contributed by atoms with Gasteiger partial charge in [-0.3, -0.25) is 5.10 Å². The summed E-state index contributed by atoms with van der Waals surface area (Å²) < 4.78 is 0. The molecule has 7 heteroatoms. The number of likely N-dealkylation sites (tertiary alicyclic amines) is 1. The van der Waals surface area contributed by atoms with Gasteiger partial charge in [0.15, 0.2) is 5.65 Å². The van der Waals surface area contributed by atoms with Gasteiger partial charge in [0.2, 0.25) is 5.95 Å². The monoisotopic (exact) mass is 289 g/mol. The number of nitrogens with zero attached hydrogens (tertiary/aromatic N) is 4. The summed E-state index contributed by atoms with van der Waals surface area (Å²) in [5.41, 5.74) is 0.764. The first-order valence-electron chi connectivity index (χ1n) is 7.67. The van der Waals surface area contributed by atoms with E-state index in [0.29, 0.717) is 12.0 Å². The van der Waals surface area contributed by atoms with Gasteiger partial charge in [0.1, 0.15) is 5.82 Å². The Morgan fingerprint density at radius 3 is 3.05 bits per heavy atom. The summed E-state index contributed by atoms with van der Waals surface area (Å²) in [5, 5.41) is 14.6. The van der Waals surface area contributed by atoms with E-state index in [0.717, 1.165) is 29.9 Å². The normalized spacial score (nSPS) is 19.8. The first-order valence-corrected chi connectivity index (χ1v) is 7.67. The zero-order chi connectivity index (χ0) is 14.7. The third kappa shape index (κ3) is 3.07. The van der Waals surface area contributed by atoms with Crippen LogP contribution in [0.15, 0.2) is 6.20 Å². The van der Waals surface area contributed by atoms with Crippen LogP contribution in [0.2, 0.25) is 0 Å². The average molecular weight is 289 g/mol. The summed E-state index contributed by atoms with van der Waals surface area (Å²) in [7, 11) is 2.20. The molecule has 1 saturated heterocycles. The molecule has 0 radical (unpaired) electrons. The zero-order valence-electron chi connectivity index (χ0n) is 12.7. The van der Waals surface area contributed by atoms with E-state index in [1.54, 1.807) is 6.20 Å². The van der Waals surface area contributed by atoms with Gasteiger partial charge in [-0.1, -0.05) is 6.42 Å². The lowest BCUT2D eigenvalue weighted by molar-refractivity contribution is 0.194. The Balaban J connectivity index is 1.77. The van der Waals surface area contributed by atoms with Gasteiger partial charge in [0, 0.05) is 19.1 Å². The van der Waals surface area contributed by atoms with E-state index in [2.05, 4.69) is 42.7 Å². The Kier molecular flexibility index (Phi) is 4.19. The maximum Gasteiger partial charge on any atom is 0.226 e. The molecule has 21 heavy (non-hydrogen) atoms. The maximum absolute atomic E-state index is 4.56. The molecule has 1 aliphatic heterocycles. The number of aromatic amines is 1. The quantitative estimate of drug-likeness (QED) is 0.777. The third-order valence-electron chi connectivity index (χ3n) is 4.07. The molecule has 2 aromatic rings. The van der Waals surface area contributed by atoms with Gasteiger partial charge < -0.3 is 15.5 Å². The molecular formula is C14H23N7. The molecule has 1 aliphatic rings. The number of hydrogen-bond donors (Lipinski definition) is 3. The van der Waals surface area contributed by atoms with Crippen LogP contribution < -0.4 is 10.6 Å². The summed E-state index contributed by atoms with van der Waals surface area (Å²) in [6.07, 6.45) is 5.63. The van der Waals surface area contributed by atoms with Crippen molar-refractivity contribution in [3.05, 3.63) is 6.20 Å². The second-order valence-corrected chi connectivity index (χ2v) is 5.57. The summed E-state index contributed by atoms with van der Waals surface area (Å²) in [6, 6.07) is 0.568. The zero-order valence-corrected chi connectivity index (χ0v) is 12.7. The van der Waals surface area contributed by atoms with Gasteiger partial charge >= 0.3 is 0 Å². The number of aromatic nitrogens is 4. The number of fused-ring (bicyclic) bond motifs is 1. The highest BCUT2D eigenvalue weighted by molar-refractivity contribution is 5.86. The van der Waals surface area contributed by atoms with Crippen LogP contribution in [0.25, 0.3) is 11.0 Å². The lowest BCUT2D eigenvalue weighted by Crippen LogP contribution is -2.40. The van der Waals surface area contributed by atoms with E-state index in [-0.39, 0.29) is 0 Å². The summed E-state index contributed by atoms with van der Waals surface area (Å²) >= 11 is 0. The number of anilines is 2. The highest BCUT2D eigenvalue weighted by Crippen LogP contribution is 2.21. The molecule has 1 fully saturated rings. The largest absolute Gasteiger partial charge is 0.368 e. The minimum atomic E-state index is 0.568. The average Bonchev–Trinajstić information content (AvgIpc) is 2.95. The molecule has 114 valence electrons. The molecular weight excluding hydrogens is 266 g/mol. The number of piperidine rings is 1. The van der Waals surface area contributed by atoms with Crippen molar-refractivity contribution >= 4 is 22.8 Å². The van der Waals surface area contributed by atoms with Crippen LogP contribution in [-0.2, 0) is 0 Å². The van der Waals surface area contributed by atoms with Crippen LogP contribution >= 0.6 is 0 Å². The number of nitrogens with one attached hydrogen (secondary N) is 3. The second kappa shape index (κ2) is 6.26. The van der Waals surface area contributed by atoms with Gasteiger partial charge in [-0.2, -0.15) is 15.1 Å². The van der Waals surface area contributed by atoms with Crippen molar-refractivity contribution in [2.24, 2.45) is 0 Å². The van der Waals surface area contributed by atoms with E-state index in [9.17, 15) is 0 Å². The van der Waals surface area contributed by atoms with Crippen LogP contribution in [-0.4, -0.2) is 57.8 Å². The van der Waals surface area contributed by atoms with E-state index in [1.165, 1.54) is 25.8 Å². The molecule has 0 bridgehead atoms. The smallest absolute Gasteiger partial charge is 0.226 e. The van der Waals surface area contributed by atoms with Crippen molar-refractivity contribution in [3.8, 4) is 0 Å². The first kappa shape index (κ1) is 14.1. The van der Waals surface area contributed by atoms with Crippen molar-refractivity contribution in [3.63, 3.8) is 0 Å². The Labute approximate surface area is 124 Å². The number of H-pyrrole nitrogens is 1. The first-order chi connectivity index (χ1) is 10.3. The number of rotatable bonds is 5. The van der Waals surface area contributed by atoms with E-state index in [1.807, 2.05) is 6.92 Å². The van der Waals surface area contributed by atoms with Crippen molar-refractivity contribution in [2.45, 2.75) is 32.2 Å². The highest BCUT2D eigenvalue weighted by atomic mass is 15.2. The van der Waals surface area contributed by atoms with Gasteiger partial charge in [-0.05, 0) is 33.4 Å². The molecule has 0 spiro atoms. The number of likely N-dealkylation sites (N-methyl/N-ethyl adjacent to an activating group) is 1. The van der Waals surface area contributed by atoms with Gasteiger partial charge in [-0.25, -0.2) is 0 Å². The molecule has 3 heterocycles. The molecule has 3 N–H and O–H groups in total. The predicted molar refractivity (Wildman–Crippen MR) is 84.6 cm³/mol. The SMILES string of the molecule is CCNc1nc(NCC2CCCCN2C)c2cn[nH]c2n1. The molecule has 0 aliphatic carbocycles. The molecule has 1 unspecified atom stereocenters. The Bertz CT molecular complexity index is 594. The van der Waals surface area contributed by atoms with Gasteiger partial charge in [0.25, 0.3) is 0 Å². The molecule has 3 rings (SSSR count). The minimum absolute atomic E-state index is 0.568. The van der Waals surface area contributed by atoms with Crippen molar-refractivity contribution in [1.29, 1.82) is 0 Å². The summed E-state index contributed by atoms with van der Waals surface area (Å²) in [4.78, 5) is 11.4. The fraction of sp³-hybridized carbons (Fsp3) is 0.643. The molecule has 0 amide bonds. The Hall–Kier alpha value is -1.89. The van der Waals surface area contributed by atoms with Crippen molar-refractivity contribution in [1.82, 2.24) is 25.1 Å². The standard InChI is InChI=1S/C14H23N7/c1-3-15-14-18-12(11-9-17-20-13(11)19-14)16-8-10-6-4-5-7-21(10)2/h9-10H,3-8H2,1-2H3,(H3,15,16,17,18,19,20). The van der Waals surface area contributed by atoms with E-state index < -0.39 is 0 Å². The van der Waals surface area contributed by atoms with Crippen LogP contribution in [0.1, 0.15) is 26.2 Å². The van der Waals surface area contributed by atoms with Crippen molar-refractivity contribution in [2.75, 3.05) is 37.3 Å². The fourth-order valence-corrected chi connectivity index (χ4v) is 2.82. The summed E-state index contributed by atoms with van der Waals surface area (Å²) in [6.45, 7) is 4.91. The van der Waals surface area contributed by atoms with Crippen LogP contribution in [0.5, 0.6) is 0 Å². The van der Waals surface area contributed by atoms with Gasteiger partial charge in [-0.15, -0.1) is 0 Å². The summed E-state index contributed by atoms with van der Waals surface area (Å²) in [5.74, 6) is 1.48. The van der Waals surface area contributed by atoms with Crippen LogP contribution in [0.3, 0.4) is 0 Å². The van der Waals surface area contributed by atoms with E-state index in [4.69, 9.17) is 0 Å². The predicted octanol–water partition coefficient (Wildman–Crippen LogP) is 1.68. The highest BCUT2D eigenvalue weighted by Gasteiger charge is 2.19. The number of hydrogen-bond acceptors (Lipinski definition) is 6. The Morgan fingerprint density at radius 1 is 1.33 bits per heavy atom. The van der Waals surface area contributed by atoms with Crippen LogP contribution in [0.4, 0.5) is 11.8 Å². The van der Waals surface area contributed by atoms with E-state index >= 15 is 0 Å². The molecule has 0 aromatic carbocycles. The lowest BCUT2D eigenvalue weighted by atomic mass is 10.0. The second-order valence-electron chi connectivity index (χ2n) is 5.57. The third-order valence-corrected chi connectivity index (χ3v) is 4.07. The fourth-order valence-electron chi connectivity index (χ4n) is 2.82. The van der Waals surface area contributed by atoms with Crippen LogP contribution in [0, 0.1) is 0 Å². The van der Waals surface area contributed by atoms with Gasteiger partial charge in [0.05, 0.1) is 11.6 Å². The Morgan fingerprint density at radius 2 is 2.24 bits per heavy atom. The maximum atomic E-state index is 4.56. The molecule has 2 aromatic heterocycles. The minimum Gasteiger partial charge on any atom is -0.368 e. The topological polar surface area (TPSA) is 81.8 Å².